The van der Waals surface area contributed by atoms with Crippen molar-refractivity contribution in [3.05, 3.63) is 76.0 Å². The maximum Gasteiger partial charge on any atom is 0.132 e. The van der Waals surface area contributed by atoms with E-state index in [9.17, 15) is 8.78 Å². The Morgan fingerprint density at radius 1 is 0.810 bits per heavy atom. The van der Waals surface area contributed by atoms with Gasteiger partial charge in [-0.25, -0.2) is 8.78 Å². The summed E-state index contributed by atoms with van der Waals surface area (Å²) in [5.74, 6) is -0.615. The number of pyridine rings is 1. The molecule has 0 radical (unpaired) electrons. The molecule has 4 heteroatoms. The lowest BCUT2D eigenvalue weighted by Crippen LogP contribution is -1.93. The van der Waals surface area contributed by atoms with Gasteiger partial charge in [0.05, 0.1) is 5.69 Å². The Morgan fingerprint density at radius 3 is 1.95 bits per heavy atom. The van der Waals surface area contributed by atoms with Crippen LogP contribution in [0.25, 0.3) is 22.4 Å². The summed E-state index contributed by atoms with van der Waals surface area (Å²) in [5, 5.41) is 0. The van der Waals surface area contributed by atoms with E-state index in [0.717, 1.165) is 3.57 Å². The first kappa shape index (κ1) is 14.1. The molecule has 0 fully saturated rings. The van der Waals surface area contributed by atoms with Gasteiger partial charge in [0.25, 0.3) is 0 Å². The molecule has 0 saturated heterocycles. The van der Waals surface area contributed by atoms with E-state index in [2.05, 4.69) is 27.6 Å². The van der Waals surface area contributed by atoms with Gasteiger partial charge in [-0.2, -0.15) is 0 Å². The number of benzene rings is 2. The highest BCUT2D eigenvalue weighted by molar-refractivity contribution is 14.1. The molecule has 3 rings (SSSR count). The van der Waals surface area contributed by atoms with E-state index < -0.39 is 0 Å². The first-order chi connectivity index (χ1) is 10.2. The van der Waals surface area contributed by atoms with Gasteiger partial charge in [-0.15, -0.1) is 0 Å². The maximum atomic E-state index is 13.8. The molecule has 0 atom stereocenters. The van der Waals surface area contributed by atoms with Gasteiger partial charge < -0.3 is 0 Å². The first-order valence-corrected chi connectivity index (χ1v) is 7.40. The molecule has 0 spiro atoms. The Hall–Kier alpha value is -1.82. The second-order valence-corrected chi connectivity index (χ2v) is 5.68. The van der Waals surface area contributed by atoms with Crippen LogP contribution in [-0.4, -0.2) is 4.98 Å². The quantitative estimate of drug-likeness (QED) is 0.539. The van der Waals surface area contributed by atoms with Crippen LogP contribution in [0.3, 0.4) is 0 Å². The van der Waals surface area contributed by atoms with Crippen LogP contribution in [0.5, 0.6) is 0 Å². The van der Waals surface area contributed by atoms with Gasteiger partial charge >= 0.3 is 0 Å². The molecule has 1 aromatic heterocycles. The molecule has 104 valence electrons. The van der Waals surface area contributed by atoms with Crippen LogP contribution in [0.1, 0.15) is 0 Å². The van der Waals surface area contributed by atoms with Crippen molar-refractivity contribution in [2.75, 3.05) is 0 Å². The van der Waals surface area contributed by atoms with Crippen LogP contribution in [0, 0.1) is 15.2 Å². The van der Waals surface area contributed by atoms with Crippen molar-refractivity contribution in [2.45, 2.75) is 0 Å². The fourth-order valence-electron chi connectivity index (χ4n) is 2.13. The number of halogens is 3. The van der Waals surface area contributed by atoms with E-state index in [1.165, 1.54) is 12.1 Å². The monoisotopic (exact) mass is 393 g/mol. The Morgan fingerprint density at radius 2 is 1.38 bits per heavy atom. The van der Waals surface area contributed by atoms with Gasteiger partial charge in [0.1, 0.15) is 11.6 Å². The molecule has 0 unspecified atom stereocenters. The van der Waals surface area contributed by atoms with E-state index >= 15 is 0 Å². The topological polar surface area (TPSA) is 12.9 Å². The highest BCUT2D eigenvalue weighted by Gasteiger charge is 2.12. The predicted octanol–water partition coefficient (Wildman–Crippen LogP) is 5.30. The third kappa shape index (κ3) is 2.81. The van der Waals surface area contributed by atoms with Crippen LogP contribution < -0.4 is 0 Å². The average molecular weight is 393 g/mol. The van der Waals surface area contributed by atoms with Crippen molar-refractivity contribution in [1.29, 1.82) is 0 Å². The van der Waals surface area contributed by atoms with E-state index in [1.54, 1.807) is 42.6 Å². The lowest BCUT2D eigenvalue weighted by molar-refractivity contribution is 0.630. The predicted molar refractivity (Wildman–Crippen MR) is 87.7 cm³/mol. The standard InChI is InChI=1S/C17H10F2IN/c18-14-7-3-1-5-12(14)11-9-16(20)17(21-10-11)13-6-2-4-8-15(13)19/h1-10H. The lowest BCUT2D eigenvalue weighted by atomic mass is 10.1. The molecule has 0 aliphatic rings. The summed E-state index contributed by atoms with van der Waals surface area (Å²) >= 11 is 2.09. The summed E-state index contributed by atoms with van der Waals surface area (Å²) in [6.45, 7) is 0. The fraction of sp³-hybridized carbons (Fsp3) is 0. The highest BCUT2D eigenvalue weighted by atomic mass is 127. The Bertz CT molecular complexity index is 802. The van der Waals surface area contributed by atoms with Gasteiger partial charge in [0.15, 0.2) is 0 Å². The number of hydrogen-bond donors (Lipinski definition) is 0. The minimum absolute atomic E-state index is 0.297. The van der Waals surface area contributed by atoms with Gasteiger partial charge in [0, 0.05) is 26.5 Å². The molecular formula is C17H10F2IN. The van der Waals surface area contributed by atoms with Gasteiger partial charge in [-0.1, -0.05) is 30.3 Å². The smallest absolute Gasteiger partial charge is 0.132 e. The minimum atomic E-state index is -0.318. The van der Waals surface area contributed by atoms with Crippen molar-refractivity contribution in [1.82, 2.24) is 4.98 Å². The molecule has 0 aliphatic heterocycles. The van der Waals surface area contributed by atoms with Crippen molar-refractivity contribution in [2.24, 2.45) is 0 Å². The fourth-order valence-corrected chi connectivity index (χ4v) is 2.90. The molecular weight excluding hydrogens is 383 g/mol. The van der Waals surface area contributed by atoms with Crippen LogP contribution in [0.4, 0.5) is 8.78 Å². The van der Waals surface area contributed by atoms with Crippen LogP contribution >= 0.6 is 22.6 Å². The van der Waals surface area contributed by atoms with E-state index in [1.807, 2.05) is 6.07 Å². The molecule has 0 amide bonds. The number of hydrogen-bond acceptors (Lipinski definition) is 1. The van der Waals surface area contributed by atoms with Crippen molar-refractivity contribution in [3.8, 4) is 22.4 Å². The van der Waals surface area contributed by atoms with Gasteiger partial charge in [-0.05, 0) is 46.9 Å². The second kappa shape index (κ2) is 5.89. The largest absolute Gasteiger partial charge is 0.254 e. The molecule has 0 bridgehead atoms. The Balaban J connectivity index is 2.09. The van der Waals surface area contributed by atoms with E-state index in [0.29, 0.717) is 22.4 Å². The van der Waals surface area contributed by atoms with Crippen molar-refractivity contribution >= 4 is 22.6 Å². The summed E-state index contributed by atoms with van der Waals surface area (Å²) in [4.78, 5) is 4.31. The number of nitrogens with zero attached hydrogens (tertiary/aromatic N) is 1. The summed E-state index contributed by atoms with van der Waals surface area (Å²) < 4.78 is 28.4. The number of rotatable bonds is 2. The molecule has 3 aromatic rings. The summed E-state index contributed by atoms with van der Waals surface area (Å²) in [5.41, 5.74) is 2.18. The van der Waals surface area contributed by atoms with Gasteiger partial charge in [-0.3, -0.25) is 4.98 Å². The highest BCUT2D eigenvalue weighted by Crippen LogP contribution is 2.30. The molecule has 0 saturated carbocycles. The average Bonchev–Trinajstić information content (AvgIpc) is 2.49. The molecule has 2 aromatic carbocycles. The SMILES string of the molecule is Fc1ccccc1-c1cnc(-c2ccccc2F)c(I)c1. The summed E-state index contributed by atoms with van der Waals surface area (Å²) in [6, 6.07) is 14.8. The molecule has 21 heavy (non-hydrogen) atoms. The van der Waals surface area contributed by atoms with E-state index in [-0.39, 0.29) is 11.6 Å². The zero-order valence-corrected chi connectivity index (χ0v) is 13.0. The van der Waals surface area contributed by atoms with Gasteiger partial charge in [0.2, 0.25) is 0 Å². The molecule has 1 nitrogen and oxygen atoms in total. The molecule has 0 aliphatic carbocycles. The van der Waals surface area contributed by atoms with Crippen LogP contribution in [-0.2, 0) is 0 Å². The normalized spacial score (nSPS) is 10.6. The zero-order valence-electron chi connectivity index (χ0n) is 10.9. The Kier molecular flexibility index (Phi) is 3.96. The van der Waals surface area contributed by atoms with Crippen LogP contribution in [0.15, 0.2) is 60.8 Å². The third-order valence-corrected chi connectivity index (χ3v) is 3.98. The lowest BCUT2D eigenvalue weighted by Gasteiger charge is -2.08. The third-order valence-electron chi connectivity index (χ3n) is 3.16. The Labute approximate surface area is 134 Å². The summed E-state index contributed by atoms with van der Waals surface area (Å²) in [7, 11) is 0. The first-order valence-electron chi connectivity index (χ1n) is 6.32. The molecule has 1 heterocycles. The zero-order chi connectivity index (χ0) is 14.8. The maximum absolute atomic E-state index is 13.8. The minimum Gasteiger partial charge on any atom is -0.254 e. The number of aromatic nitrogens is 1. The van der Waals surface area contributed by atoms with Crippen LogP contribution in [0.2, 0.25) is 0 Å². The molecule has 0 N–H and O–H groups in total. The van der Waals surface area contributed by atoms with E-state index in [4.69, 9.17) is 0 Å². The van der Waals surface area contributed by atoms with Crippen molar-refractivity contribution < 1.29 is 8.78 Å². The van der Waals surface area contributed by atoms with Crippen molar-refractivity contribution in [3.63, 3.8) is 0 Å². The summed E-state index contributed by atoms with van der Waals surface area (Å²) in [6.07, 6.45) is 1.57. The second-order valence-electron chi connectivity index (χ2n) is 4.51.